The zero-order valence-electron chi connectivity index (χ0n) is 10.8. The first-order valence-corrected chi connectivity index (χ1v) is 7.64. The van der Waals surface area contributed by atoms with Gasteiger partial charge in [0.25, 0.3) is 10.0 Å². The Labute approximate surface area is 121 Å². The van der Waals surface area contributed by atoms with E-state index in [1.807, 2.05) is 6.92 Å². The van der Waals surface area contributed by atoms with E-state index in [0.717, 1.165) is 0 Å². The Kier molecular flexibility index (Phi) is 4.15. The Balaban J connectivity index is 2.27. The minimum absolute atomic E-state index is 0.0511. The lowest BCUT2D eigenvalue weighted by Gasteiger charge is -2.08. The van der Waals surface area contributed by atoms with E-state index >= 15 is 0 Å². The maximum atomic E-state index is 12.1. The van der Waals surface area contributed by atoms with Gasteiger partial charge in [0.15, 0.2) is 5.82 Å². The van der Waals surface area contributed by atoms with E-state index in [1.165, 1.54) is 18.3 Å². The van der Waals surface area contributed by atoms with Crippen molar-refractivity contribution < 1.29 is 12.9 Å². The molecule has 2 heterocycles. The van der Waals surface area contributed by atoms with Crippen molar-refractivity contribution in [1.82, 2.24) is 10.1 Å². The van der Waals surface area contributed by atoms with Crippen molar-refractivity contribution in [3.8, 4) is 0 Å². The zero-order chi connectivity index (χ0) is 14.8. The second-order valence-corrected chi connectivity index (χ2v) is 6.05. The molecular formula is C11H13ClN4O3S. The Morgan fingerprint density at radius 3 is 2.70 bits per heavy atom. The van der Waals surface area contributed by atoms with Gasteiger partial charge in [-0.1, -0.05) is 16.8 Å². The standard InChI is InChI=1S/C11H13ClN4O3S/c1-3-13-11-9(12)5-8(6-14-11)20(17,18)16-10-4-7(2)19-15-10/h4-6H,3H2,1-2H3,(H,13,14)(H,15,16). The highest BCUT2D eigenvalue weighted by molar-refractivity contribution is 7.92. The number of aromatic nitrogens is 2. The number of hydrogen-bond donors (Lipinski definition) is 2. The van der Waals surface area contributed by atoms with Crippen LogP contribution >= 0.6 is 11.6 Å². The van der Waals surface area contributed by atoms with Gasteiger partial charge in [0.1, 0.15) is 16.5 Å². The van der Waals surface area contributed by atoms with Crippen LogP contribution in [0.15, 0.2) is 27.7 Å². The van der Waals surface area contributed by atoms with Crippen LogP contribution in [-0.2, 0) is 10.0 Å². The maximum absolute atomic E-state index is 12.1. The van der Waals surface area contributed by atoms with Gasteiger partial charge in [-0.05, 0) is 19.9 Å². The molecule has 9 heteroatoms. The van der Waals surface area contributed by atoms with Crippen molar-refractivity contribution in [1.29, 1.82) is 0 Å². The lowest BCUT2D eigenvalue weighted by atomic mass is 10.4. The summed E-state index contributed by atoms with van der Waals surface area (Å²) in [6, 6.07) is 2.79. The molecule has 0 spiro atoms. The number of aryl methyl sites for hydroxylation is 1. The Morgan fingerprint density at radius 1 is 1.40 bits per heavy atom. The quantitative estimate of drug-likeness (QED) is 0.878. The normalized spacial score (nSPS) is 11.3. The molecule has 0 aromatic carbocycles. The van der Waals surface area contributed by atoms with E-state index in [2.05, 4.69) is 20.2 Å². The van der Waals surface area contributed by atoms with Crippen LogP contribution in [-0.4, -0.2) is 25.1 Å². The minimum Gasteiger partial charge on any atom is -0.369 e. The molecule has 0 radical (unpaired) electrons. The van der Waals surface area contributed by atoms with Gasteiger partial charge < -0.3 is 9.84 Å². The number of rotatable bonds is 5. The first-order valence-electron chi connectivity index (χ1n) is 5.78. The van der Waals surface area contributed by atoms with Crippen molar-refractivity contribution in [3.63, 3.8) is 0 Å². The molecule has 0 atom stereocenters. The molecule has 0 saturated carbocycles. The molecule has 2 N–H and O–H groups in total. The Bertz CT molecular complexity index is 714. The molecular weight excluding hydrogens is 304 g/mol. The number of hydrogen-bond acceptors (Lipinski definition) is 6. The summed E-state index contributed by atoms with van der Waals surface area (Å²) in [7, 11) is -3.80. The summed E-state index contributed by atoms with van der Waals surface area (Å²) in [6.07, 6.45) is 1.22. The van der Waals surface area contributed by atoms with Gasteiger partial charge in [-0.2, -0.15) is 0 Å². The highest BCUT2D eigenvalue weighted by Crippen LogP contribution is 2.23. The summed E-state index contributed by atoms with van der Waals surface area (Å²) in [4.78, 5) is 3.92. The molecule has 7 nitrogen and oxygen atoms in total. The third-order valence-electron chi connectivity index (χ3n) is 2.34. The molecule has 20 heavy (non-hydrogen) atoms. The van der Waals surface area contributed by atoms with Gasteiger partial charge in [-0.15, -0.1) is 0 Å². The highest BCUT2D eigenvalue weighted by atomic mass is 35.5. The Morgan fingerprint density at radius 2 is 2.15 bits per heavy atom. The zero-order valence-corrected chi connectivity index (χ0v) is 12.4. The summed E-state index contributed by atoms with van der Waals surface area (Å²) in [5, 5.41) is 6.71. The summed E-state index contributed by atoms with van der Waals surface area (Å²) >= 11 is 5.97. The van der Waals surface area contributed by atoms with E-state index in [-0.39, 0.29) is 15.7 Å². The molecule has 0 amide bonds. The number of anilines is 2. The number of sulfonamides is 1. The van der Waals surface area contributed by atoms with Crippen LogP contribution in [0.3, 0.4) is 0 Å². The van der Waals surface area contributed by atoms with Gasteiger partial charge in [-0.3, -0.25) is 4.72 Å². The van der Waals surface area contributed by atoms with E-state index in [0.29, 0.717) is 18.1 Å². The monoisotopic (exact) mass is 316 g/mol. The number of halogens is 1. The SMILES string of the molecule is CCNc1ncc(S(=O)(=O)Nc2cc(C)on2)cc1Cl. The van der Waals surface area contributed by atoms with Crippen molar-refractivity contribution in [2.75, 3.05) is 16.6 Å². The van der Waals surface area contributed by atoms with E-state index < -0.39 is 10.0 Å². The minimum atomic E-state index is -3.80. The van der Waals surface area contributed by atoms with Crippen LogP contribution in [0.25, 0.3) is 0 Å². The van der Waals surface area contributed by atoms with Crippen LogP contribution in [0.4, 0.5) is 11.6 Å². The largest absolute Gasteiger partial charge is 0.369 e. The lowest BCUT2D eigenvalue weighted by molar-refractivity contribution is 0.400. The van der Waals surface area contributed by atoms with E-state index in [9.17, 15) is 8.42 Å². The molecule has 0 aliphatic rings. The predicted molar refractivity (Wildman–Crippen MR) is 75.5 cm³/mol. The molecule has 0 bridgehead atoms. The number of nitrogens with one attached hydrogen (secondary N) is 2. The molecule has 2 aromatic heterocycles. The summed E-state index contributed by atoms with van der Waals surface area (Å²) < 4.78 is 31.3. The molecule has 0 fully saturated rings. The van der Waals surface area contributed by atoms with Crippen LogP contribution in [0, 0.1) is 6.92 Å². The molecule has 2 aromatic rings. The van der Waals surface area contributed by atoms with Gasteiger partial charge in [0.2, 0.25) is 0 Å². The summed E-state index contributed by atoms with van der Waals surface area (Å²) in [5.74, 6) is 1.04. The number of pyridine rings is 1. The third kappa shape index (κ3) is 3.20. The summed E-state index contributed by atoms with van der Waals surface area (Å²) in [6.45, 7) is 4.18. The van der Waals surface area contributed by atoms with Crippen LogP contribution in [0.5, 0.6) is 0 Å². The molecule has 0 aliphatic heterocycles. The molecule has 0 aliphatic carbocycles. The fraction of sp³-hybridized carbons (Fsp3) is 0.273. The topological polar surface area (TPSA) is 97.1 Å². The van der Waals surface area contributed by atoms with Crippen molar-refractivity contribution >= 4 is 33.3 Å². The van der Waals surface area contributed by atoms with Gasteiger partial charge in [0.05, 0.1) is 5.02 Å². The summed E-state index contributed by atoms with van der Waals surface area (Å²) in [5.41, 5.74) is 0. The fourth-order valence-corrected chi connectivity index (χ4v) is 2.73. The van der Waals surface area contributed by atoms with Gasteiger partial charge in [-0.25, -0.2) is 13.4 Å². The van der Waals surface area contributed by atoms with Crippen LogP contribution in [0.2, 0.25) is 5.02 Å². The van der Waals surface area contributed by atoms with Crippen LogP contribution in [0.1, 0.15) is 12.7 Å². The first kappa shape index (κ1) is 14.6. The van der Waals surface area contributed by atoms with Gasteiger partial charge >= 0.3 is 0 Å². The van der Waals surface area contributed by atoms with Crippen molar-refractivity contribution in [3.05, 3.63) is 29.1 Å². The smallest absolute Gasteiger partial charge is 0.264 e. The molecule has 0 unspecified atom stereocenters. The molecule has 2 rings (SSSR count). The first-order chi connectivity index (χ1) is 9.42. The van der Waals surface area contributed by atoms with E-state index in [1.54, 1.807) is 6.92 Å². The molecule has 0 saturated heterocycles. The second kappa shape index (κ2) is 5.68. The lowest BCUT2D eigenvalue weighted by Crippen LogP contribution is -2.14. The molecule has 108 valence electrons. The second-order valence-electron chi connectivity index (χ2n) is 3.96. The average Bonchev–Trinajstić information content (AvgIpc) is 2.76. The van der Waals surface area contributed by atoms with E-state index in [4.69, 9.17) is 16.1 Å². The predicted octanol–water partition coefficient (Wildman–Crippen LogP) is 2.26. The Hall–Kier alpha value is -1.80. The number of nitrogens with zero attached hydrogens (tertiary/aromatic N) is 2. The third-order valence-corrected chi connectivity index (χ3v) is 3.95. The average molecular weight is 317 g/mol. The maximum Gasteiger partial charge on any atom is 0.264 e. The van der Waals surface area contributed by atoms with Crippen LogP contribution < -0.4 is 10.0 Å². The van der Waals surface area contributed by atoms with Gasteiger partial charge in [0, 0.05) is 18.8 Å². The fourth-order valence-electron chi connectivity index (χ4n) is 1.48. The highest BCUT2D eigenvalue weighted by Gasteiger charge is 2.18. The van der Waals surface area contributed by atoms with Crippen molar-refractivity contribution in [2.45, 2.75) is 18.7 Å². The van der Waals surface area contributed by atoms with Crippen molar-refractivity contribution in [2.24, 2.45) is 0 Å².